The molecule has 1 heterocycles. The number of nitrogens with zero attached hydrogens (tertiary/aromatic N) is 1. The summed E-state index contributed by atoms with van der Waals surface area (Å²) >= 11 is 0. The number of aliphatic carboxylic acids is 1. The zero-order valence-electron chi connectivity index (χ0n) is 18.3. The molecule has 1 aliphatic rings. The van der Waals surface area contributed by atoms with Crippen LogP contribution in [-0.2, 0) is 25.6 Å². The number of likely N-dealkylation sites (tertiary alicyclic amines) is 1. The number of imide groups is 1. The average Bonchev–Trinajstić information content (AvgIpc) is 2.81. The molecule has 3 rings (SSSR count). The van der Waals surface area contributed by atoms with Crippen molar-refractivity contribution in [3.63, 3.8) is 0 Å². The number of piperidine rings is 1. The van der Waals surface area contributed by atoms with Crippen LogP contribution in [0.2, 0.25) is 0 Å². The number of carboxylic acid groups (broad SMARTS) is 1. The lowest BCUT2D eigenvalue weighted by atomic mass is 10.0. The maximum atomic E-state index is 12.8. The lowest BCUT2D eigenvalue weighted by Crippen LogP contribution is -2.57. The van der Waals surface area contributed by atoms with Crippen molar-refractivity contribution < 1.29 is 44.4 Å². The Morgan fingerprint density at radius 1 is 1.03 bits per heavy atom. The van der Waals surface area contributed by atoms with Crippen molar-refractivity contribution >= 4 is 29.6 Å². The number of aromatic hydroxyl groups is 3. The molecular weight excluding hydrogens is 462 g/mol. The summed E-state index contributed by atoms with van der Waals surface area (Å²) < 4.78 is 0. The number of carboxylic acids is 1. The van der Waals surface area contributed by atoms with E-state index >= 15 is 0 Å². The molecule has 2 aromatic rings. The van der Waals surface area contributed by atoms with Gasteiger partial charge in [0.05, 0.1) is 0 Å². The van der Waals surface area contributed by atoms with Gasteiger partial charge in [-0.05, 0) is 24.1 Å². The maximum absolute atomic E-state index is 12.8. The van der Waals surface area contributed by atoms with E-state index in [1.54, 1.807) is 30.3 Å². The molecule has 1 saturated heterocycles. The van der Waals surface area contributed by atoms with Crippen LogP contribution in [0.25, 0.3) is 0 Å². The van der Waals surface area contributed by atoms with E-state index in [1.165, 1.54) is 0 Å². The van der Waals surface area contributed by atoms with Crippen LogP contribution in [0.3, 0.4) is 0 Å². The van der Waals surface area contributed by atoms with Crippen molar-refractivity contribution in [1.29, 1.82) is 0 Å². The van der Waals surface area contributed by atoms with Crippen LogP contribution in [0.5, 0.6) is 17.2 Å². The zero-order chi connectivity index (χ0) is 25.7. The number of phenolic OH excluding ortho intramolecular Hbond substituents is 3. The molecule has 12 nitrogen and oxygen atoms in total. The molecule has 0 spiro atoms. The van der Waals surface area contributed by atoms with E-state index in [0.717, 1.165) is 12.1 Å². The minimum Gasteiger partial charge on any atom is -0.504 e. The standard InChI is InChI=1S/C23H23N3O9/c27-16-9-13(10-17(28)20(16)31)21(32)25-14-6-7-19(30)26(22(14)33)11-18(29)24-15(23(34)35)8-12-4-2-1-3-5-12/h1-5,9-10,14-15,27-28,31H,6-8,11H2,(H,24,29)(H,25,32)(H,34,35)/t14-,15-/m0/s1. The number of phenols is 3. The van der Waals surface area contributed by atoms with E-state index in [2.05, 4.69) is 10.6 Å². The highest BCUT2D eigenvalue weighted by atomic mass is 16.4. The number of amides is 4. The Kier molecular flexibility index (Phi) is 7.54. The number of rotatable bonds is 8. The van der Waals surface area contributed by atoms with E-state index in [0.29, 0.717) is 10.5 Å². The number of carbonyl (C=O) groups is 5. The molecule has 12 heteroatoms. The molecule has 0 radical (unpaired) electrons. The molecule has 0 aliphatic carbocycles. The Bertz CT molecular complexity index is 1140. The molecule has 1 aliphatic heterocycles. The van der Waals surface area contributed by atoms with Gasteiger partial charge in [0.15, 0.2) is 17.2 Å². The Hall–Kier alpha value is -4.61. The molecule has 4 amide bonds. The van der Waals surface area contributed by atoms with E-state index in [-0.39, 0.29) is 24.8 Å². The Morgan fingerprint density at radius 2 is 1.66 bits per heavy atom. The van der Waals surface area contributed by atoms with E-state index in [4.69, 9.17) is 0 Å². The lowest BCUT2D eigenvalue weighted by molar-refractivity contribution is -0.152. The third kappa shape index (κ3) is 6.05. The van der Waals surface area contributed by atoms with Crippen LogP contribution >= 0.6 is 0 Å². The maximum Gasteiger partial charge on any atom is 0.326 e. The predicted molar refractivity (Wildman–Crippen MR) is 118 cm³/mol. The second-order valence-electron chi connectivity index (χ2n) is 7.89. The van der Waals surface area contributed by atoms with Crippen LogP contribution in [0, 0.1) is 0 Å². The summed E-state index contributed by atoms with van der Waals surface area (Å²) in [6, 6.07) is 7.87. The van der Waals surface area contributed by atoms with Gasteiger partial charge < -0.3 is 31.1 Å². The fraction of sp³-hybridized carbons (Fsp3) is 0.261. The van der Waals surface area contributed by atoms with Crippen molar-refractivity contribution in [3.05, 3.63) is 53.6 Å². The lowest BCUT2D eigenvalue weighted by Gasteiger charge is -2.31. The number of benzene rings is 2. The highest BCUT2D eigenvalue weighted by molar-refractivity contribution is 6.06. The molecule has 0 bridgehead atoms. The van der Waals surface area contributed by atoms with Gasteiger partial charge in [-0.1, -0.05) is 30.3 Å². The number of carbonyl (C=O) groups excluding carboxylic acids is 4. The first-order chi connectivity index (χ1) is 16.6. The summed E-state index contributed by atoms with van der Waals surface area (Å²) in [5.74, 6) is -6.87. The molecule has 184 valence electrons. The second-order valence-corrected chi connectivity index (χ2v) is 7.89. The number of nitrogens with one attached hydrogen (secondary N) is 2. The van der Waals surface area contributed by atoms with Gasteiger partial charge >= 0.3 is 5.97 Å². The van der Waals surface area contributed by atoms with Gasteiger partial charge in [0, 0.05) is 18.4 Å². The summed E-state index contributed by atoms with van der Waals surface area (Å²) in [5, 5.41) is 42.6. The highest BCUT2D eigenvalue weighted by Gasteiger charge is 2.37. The van der Waals surface area contributed by atoms with Crippen molar-refractivity contribution in [2.24, 2.45) is 0 Å². The van der Waals surface area contributed by atoms with Crippen molar-refractivity contribution in [3.8, 4) is 17.2 Å². The summed E-state index contributed by atoms with van der Waals surface area (Å²) in [5.41, 5.74) is 0.413. The third-order valence-corrected chi connectivity index (χ3v) is 5.37. The van der Waals surface area contributed by atoms with Gasteiger partial charge in [0.25, 0.3) is 11.8 Å². The zero-order valence-corrected chi connectivity index (χ0v) is 18.3. The topological polar surface area (TPSA) is 194 Å². The van der Waals surface area contributed by atoms with Gasteiger partial charge in [-0.3, -0.25) is 24.1 Å². The molecular formula is C23H23N3O9. The fourth-order valence-corrected chi connectivity index (χ4v) is 3.55. The minimum absolute atomic E-state index is 0.00515. The second kappa shape index (κ2) is 10.5. The quantitative estimate of drug-likeness (QED) is 0.218. The highest BCUT2D eigenvalue weighted by Crippen LogP contribution is 2.35. The van der Waals surface area contributed by atoms with Gasteiger partial charge in [-0.25, -0.2) is 4.79 Å². The Balaban J connectivity index is 1.65. The number of hydrogen-bond donors (Lipinski definition) is 6. The van der Waals surface area contributed by atoms with E-state index in [9.17, 15) is 44.4 Å². The van der Waals surface area contributed by atoms with Crippen LogP contribution in [0.1, 0.15) is 28.8 Å². The van der Waals surface area contributed by atoms with E-state index < -0.39 is 65.5 Å². The first kappa shape index (κ1) is 25.0. The normalized spacial score (nSPS) is 16.5. The Labute approximate surface area is 198 Å². The van der Waals surface area contributed by atoms with Crippen LogP contribution in [-0.4, -0.2) is 73.6 Å². The van der Waals surface area contributed by atoms with Gasteiger partial charge in [0.2, 0.25) is 11.8 Å². The largest absolute Gasteiger partial charge is 0.504 e. The Morgan fingerprint density at radius 3 is 2.26 bits per heavy atom. The molecule has 2 aromatic carbocycles. The summed E-state index contributed by atoms with van der Waals surface area (Å²) in [6.45, 7) is -0.733. The monoisotopic (exact) mass is 485 g/mol. The van der Waals surface area contributed by atoms with E-state index in [1.807, 2.05) is 0 Å². The average molecular weight is 485 g/mol. The minimum atomic E-state index is -1.29. The summed E-state index contributed by atoms with van der Waals surface area (Å²) in [6.07, 6.45) is -0.222. The smallest absolute Gasteiger partial charge is 0.326 e. The fourth-order valence-electron chi connectivity index (χ4n) is 3.55. The molecule has 0 aromatic heterocycles. The first-order valence-corrected chi connectivity index (χ1v) is 10.5. The van der Waals surface area contributed by atoms with Crippen LogP contribution in [0.4, 0.5) is 0 Å². The molecule has 2 atom stereocenters. The SMILES string of the molecule is O=C(CN1C(=O)CC[C@H](NC(=O)c2cc(O)c(O)c(O)c2)C1=O)N[C@@H](Cc1ccccc1)C(=O)O. The molecule has 0 saturated carbocycles. The molecule has 1 fully saturated rings. The van der Waals surface area contributed by atoms with Crippen molar-refractivity contribution in [2.45, 2.75) is 31.3 Å². The van der Waals surface area contributed by atoms with Gasteiger partial charge in [-0.2, -0.15) is 0 Å². The van der Waals surface area contributed by atoms with Crippen molar-refractivity contribution in [2.75, 3.05) is 6.54 Å². The van der Waals surface area contributed by atoms with Crippen molar-refractivity contribution in [1.82, 2.24) is 15.5 Å². The summed E-state index contributed by atoms with van der Waals surface area (Å²) in [4.78, 5) is 62.2. The van der Waals surface area contributed by atoms with Gasteiger partial charge in [0.1, 0.15) is 18.6 Å². The molecule has 0 unspecified atom stereocenters. The van der Waals surface area contributed by atoms with Crippen LogP contribution in [0.15, 0.2) is 42.5 Å². The van der Waals surface area contributed by atoms with Crippen LogP contribution < -0.4 is 10.6 Å². The summed E-state index contributed by atoms with van der Waals surface area (Å²) in [7, 11) is 0. The molecule has 6 N–H and O–H groups in total. The third-order valence-electron chi connectivity index (χ3n) is 5.37. The van der Waals surface area contributed by atoms with Gasteiger partial charge in [-0.15, -0.1) is 0 Å². The predicted octanol–water partition coefficient (Wildman–Crippen LogP) is -0.137. The molecule has 35 heavy (non-hydrogen) atoms. The number of hydrogen-bond acceptors (Lipinski definition) is 8. The first-order valence-electron chi connectivity index (χ1n) is 10.5.